The van der Waals surface area contributed by atoms with Crippen molar-refractivity contribution in [2.75, 3.05) is 0 Å². The first-order chi connectivity index (χ1) is 12.8. The lowest BCUT2D eigenvalue weighted by molar-refractivity contribution is 0.478. The molecule has 0 saturated carbocycles. The van der Waals surface area contributed by atoms with Crippen LogP contribution in [-0.4, -0.2) is 14.8 Å². The molecule has 0 unspecified atom stereocenters. The van der Waals surface area contributed by atoms with Crippen molar-refractivity contribution in [1.82, 2.24) is 14.8 Å². The average molecular weight is 363 g/mol. The molecule has 0 N–H and O–H groups in total. The van der Waals surface area contributed by atoms with Gasteiger partial charge in [0, 0.05) is 18.4 Å². The van der Waals surface area contributed by atoms with E-state index in [2.05, 4.69) is 16.3 Å². The van der Waals surface area contributed by atoms with Crippen molar-refractivity contribution in [2.24, 2.45) is 7.05 Å². The maximum atomic E-state index is 6.02. The van der Waals surface area contributed by atoms with Gasteiger partial charge in [0.15, 0.2) is 16.7 Å². The van der Waals surface area contributed by atoms with E-state index in [-0.39, 0.29) is 0 Å². The molecule has 0 fully saturated rings. The molecular formula is C20H17N3O2S. The predicted molar refractivity (Wildman–Crippen MR) is 101 cm³/mol. The van der Waals surface area contributed by atoms with Crippen molar-refractivity contribution in [3.05, 3.63) is 78.6 Å². The number of aromatic nitrogens is 3. The smallest absolute Gasteiger partial charge is 0.200 e. The van der Waals surface area contributed by atoms with Crippen molar-refractivity contribution in [2.45, 2.75) is 10.9 Å². The summed E-state index contributed by atoms with van der Waals surface area (Å²) >= 11 is 1.61. The first-order valence-corrected chi connectivity index (χ1v) is 9.17. The van der Waals surface area contributed by atoms with E-state index >= 15 is 0 Å². The van der Waals surface area contributed by atoms with Crippen molar-refractivity contribution in [1.29, 1.82) is 0 Å². The Morgan fingerprint density at radius 3 is 2.58 bits per heavy atom. The Kier molecular flexibility index (Phi) is 4.75. The number of furan rings is 1. The molecule has 4 rings (SSSR count). The minimum atomic E-state index is 0.708. The number of nitrogens with zero attached hydrogens (tertiary/aromatic N) is 3. The van der Waals surface area contributed by atoms with Gasteiger partial charge in [-0.1, -0.05) is 48.2 Å². The van der Waals surface area contributed by atoms with Gasteiger partial charge in [0.2, 0.25) is 0 Å². The summed E-state index contributed by atoms with van der Waals surface area (Å²) in [4.78, 5) is 0. The summed E-state index contributed by atoms with van der Waals surface area (Å²) in [6.45, 7) is 0. The quantitative estimate of drug-likeness (QED) is 0.443. The van der Waals surface area contributed by atoms with Gasteiger partial charge < -0.3 is 13.7 Å². The highest BCUT2D eigenvalue weighted by Gasteiger charge is 2.14. The molecule has 0 bridgehead atoms. The number of benzene rings is 2. The highest BCUT2D eigenvalue weighted by Crippen LogP contribution is 2.31. The fourth-order valence-corrected chi connectivity index (χ4v) is 3.44. The molecule has 2 heterocycles. The second-order valence-electron chi connectivity index (χ2n) is 5.65. The normalized spacial score (nSPS) is 10.8. The molecule has 0 saturated heterocycles. The fourth-order valence-electron chi connectivity index (χ4n) is 2.54. The average Bonchev–Trinajstić information content (AvgIpc) is 3.32. The van der Waals surface area contributed by atoms with Gasteiger partial charge in [0.05, 0.1) is 6.26 Å². The van der Waals surface area contributed by atoms with E-state index in [0.717, 1.165) is 28.0 Å². The minimum absolute atomic E-state index is 0.708. The molecule has 130 valence electrons. The van der Waals surface area contributed by atoms with Crippen LogP contribution in [0.15, 0.2) is 82.6 Å². The first-order valence-electron chi connectivity index (χ1n) is 8.18. The molecular weight excluding hydrogens is 346 g/mol. The van der Waals surface area contributed by atoms with Gasteiger partial charge in [-0.25, -0.2) is 0 Å². The van der Waals surface area contributed by atoms with E-state index in [4.69, 9.17) is 9.15 Å². The Balaban J connectivity index is 1.51. The Bertz CT molecular complexity index is 981. The van der Waals surface area contributed by atoms with Gasteiger partial charge >= 0.3 is 0 Å². The van der Waals surface area contributed by atoms with Gasteiger partial charge in [-0.2, -0.15) is 0 Å². The molecule has 6 heteroatoms. The van der Waals surface area contributed by atoms with Crippen LogP contribution in [-0.2, 0) is 12.8 Å². The van der Waals surface area contributed by atoms with Crippen LogP contribution in [0.2, 0.25) is 0 Å². The summed E-state index contributed by atoms with van der Waals surface area (Å²) < 4.78 is 13.4. The zero-order chi connectivity index (χ0) is 17.8. The van der Waals surface area contributed by atoms with Crippen molar-refractivity contribution < 1.29 is 9.15 Å². The van der Waals surface area contributed by atoms with E-state index in [9.17, 15) is 0 Å². The van der Waals surface area contributed by atoms with Gasteiger partial charge in [0.1, 0.15) is 11.5 Å². The molecule has 0 aliphatic rings. The summed E-state index contributed by atoms with van der Waals surface area (Å²) in [5.74, 6) is 3.82. The lowest BCUT2D eigenvalue weighted by Gasteiger charge is -2.10. The molecule has 0 aliphatic carbocycles. The monoisotopic (exact) mass is 363 g/mol. The number of hydrogen-bond acceptors (Lipinski definition) is 5. The van der Waals surface area contributed by atoms with Gasteiger partial charge in [-0.05, 0) is 30.3 Å². The van der Waals surface area contributed by atoms with Crippen LogP contribution in [0.1, 0.15) is 5.56 Å². The molecule has 2 aromatic heterocycles. The summed E-state index contributed by atoms with van der Waals surface area (Å²) in [5.41, 5.74) is 1.10. The van der Waals surface area contributed by atoms with Crippen molar-refractivity contribution in [3.63, 3.8) is 0 Å². The van der Waals surface area contributed by atoms with Crippen LogP contribution in [0.5, 0.6) is 11.5 Å². The maximum Gasteiger partial charge on any atom is 0.200 e. The number of rotatable bonds is 6. The van der Waals surface area contributed by atoms with Gasteiger partial charge in [0.25, 0.3) is 0 Å². The Morgan fingerprint density at radius 2 is 1.77 bits per heavy atom. The number of thioether (sulfide) groups is 1. The second kappa shape index (κ2) is 7.49. The molecule has 0 spiro atoms. The molecule has 0 radical (unpaired) electrons. The Morgan fingerprint density at radius 1 is 0.962 bits per heavy atom. The van der Waals surface area contributed by atoms with E-state index in [1.807, 2.05) is 72.3 Å². The second-order valence-corrected chi connectivity index (χ2v) is 6.60. The zero-order valence-electron chi connectivity index (χ0n) is 14.2. The third kappa shape index (κ3) is 3.50. The lowest BCUT2D eigenvalue weighted by Crippen LogP contribution is -1.95. The standard InChI is InChI=1S/C20H17N3O2S/c1-23-19(18-12-7-13-24-18)21-22-20(23)26-14-15-8-5-6-11-17(15)25-16-9-3-2-4-10-16/h2-13H,14H2,1H3. The highest BCUT2D eigenvalue weighted by atomic mass is 32.2. The maximum absolute atomic E-state index is 6.02. The molecule has 5 nitrogen and oxygen atoms in total. The molecule has 0 aliphatic heterocycles. The molecule has 0 atom stereocenters. The van der Waals surface area contributed by atoms with Crippen LogP contribution >= 0.6 is 11.8 Å². The van der Waals surface area contributed by atoms with Crippen LogP contribution in [0.4, 0.5) is 0 Å². The summed E-state index contributed by atoms with van der Waals surface area (Å²) in [6.07, 6.45) is 1.63. The van der Waals surface area contributed by atoms with Gasteiger partial charge in [-0.15, -0.1) is 10.2 Å². The van der Waals surface area contributed by atoms with Crippen molar-refractivity contribution in [3.8, 4) is 23.1 Å². The first kappa shape index (κ1) is 16.5. The van der Waals surface area contributed by atoms with E-state index in [1.54, 1.807) is 18.0 Å². The van der Waals surface area contributed by atoms with E-state index in [0.29, 0.717) is 11.6 Å². The summed E-state index contributed by atoms with van der Waals surface area (Å²) in [6, 6.07) is 21.5. The summed E-state index contributed by atoms with van der Waals surface area (Å²) in [5, 5.41) is 9.33. The fraction of sp³-hybridized carbons (Fsp3) is 0.100. The van der Waals surface area contributed by atoms with Crippen molar-refractivity contribution >= 4 is 11.8 Å². The minimum Gasteiger partial charge on any atom is -0.461 e. The molecule has 26 heavy (non-hydrogen) atoms. The van der Waals surface area contributed by atoms with Crippen LogP contribution in [0.3, 0.4) is 0 Å². The number of hydrogen-bond donors (Lipinski definition) is 0. The largest absolute Gasteiger partial charge is 0.461 e. The third-order valence-corrected chi connectivity index (χ3v) is 4.95. The molecule has 2 aromatic carbocycles. The Hall–Kier alpha value is -2.99. The third-order valence-electron chi connectivity index (χ3n) is 3.88. The highest BCUT2D eigenvalue weighted by molar-refractivity contribution is 7.98. The Labute approximate surface area is 155 Å². The predicted octanol–water partition coefficient (Wildman–Crippen LogP) is 5.16. The zero-order valence-corrected chi connectivity index (χ0v) is 15.0. The van der Waals surface area contributed by atoms with Crippen LogP contribution < -0.4 is 4.74 Å². The SMILES string of the molecule is Cn1c(SCc2ccccc2Oc2ccccc2)nnc1-c1ccco1. The van der Waals surface area contributed by atoms with Crippen LogP contribution in [0.25, 0.3) is 11.6 Å². The van der Waals surface area contributed by atoms with Crippen LogP contribution in [0, 0.1) is 0 Å². The summed E-state index contributed by atoms with van der Waals surface area (Å²) in [7, 11) is 1.94. The van der Waals surface area contributed by atoms with Gasteiger partial charge in [-0.3, -0.25) is 0 Å². The number of ether oxygens (including phenoxy) is 1. The van der Waals surface area contributed by atoms with E-state index < -0.39 is 0 Å². The molecule has 4 aromatic rings. The lowest BCUT2D eigenvalue weighted by atomic mass is 10.2. The number of para-hydroxylation sites is 2. The van der Waals surface area contributed by atoms with E-state index in [1.165, 1.54) is 0 Å². The molecule has 0 amide bonds. The topological polar surface area (TPSA) is 53.1 Å².